The maximum absolute atomic E-state index is 12.2. The molecular weight excluding hydrogens is 332 g/mol. The zero-order valence-corrected chi connectivity index (χ0v) is 14.3. The van der Waals surface area contributed by atoms with Gasteiger partial charge in [-0.3, -0.25) is 4.79 Å². The van der Waals surface area contributed by atoms with E-state index in [1.165, 1.54) is 19.2 Å². The zero-order valence-electron chi connectivity index (χ0n) is 14.3. The van der Waals surface area contributed by atoms with Crippen molar-refractivity contribution in [2.45, 2.75) is 20.5 Å². The molecule has 0 aliphatic heterocycles. The number of para-hydroxylation sites is 1. The Bertz CT molecular complexity index is 1010. The molecule has 0 fully saturated rings. The zero-order chi connectivity index (χ0) is 18.7. The van der Waals surface area contributed by atoms with Gasteiger partial charge in [-0.05, 0) is 32.0 Å². The Kier molecular flexibility index (Phi) is 4.67. The molecule has 26 heavy (non-hydrogen) atoms. The van der Waals surface area contributed by atoms with E-state index < -0.39 is 5.97 Å². The number of rotatable bonds is 5. The van der Waals surface area contributed by atoms with Crippen LogP contribution in [0.5, 0.6) is 0 Å². The first-order valence-corrected chi connectivity index (χ1v) is 7.91. The Morgan fingerprint density at radius 3 is 2.65 bits per heavy atom. The highest BCUT2D eigenvalue weighted by atomic mass is 16.5. The number of nitrogens with one attached hydrogen (secondary N) is 1. The lowest BCUT2D eigenvalue weighted by molar-refractivity contribution is 0.0458. The van der Waals surface area contributed by atoms with Crippen LogP contribution in [0.4, 0.5) is 0 Å². The molecule has 2 aromatic heterocycles. The van der Waals surface area contributed by atoms with Gasteiger partial charge < -0.3 is 9.72 Å². The Morgan fingerprint density at radius 1 is 1.31 bits per heavy atom. The van der Waals surface area contributed by atoms with Crippen LogP contribution in [0.2, 0.25) is 0 Å². The number of Topliss-reactive ketones (excluding diaryl/α,β-unsaturated/α-hetero) is 1. The summed E-state index contributed by atoms with van der Waals surface area (Å²) in [6, 6.07) is 12.8. The van der Waals surface area contributed by atoms with Crippen LogP contribution in [0, 0.1) is 18.3 Å². The molecule has 0 saturated heterocycles. The minimum absolute atomic E-state index is 0.119. The molecule has 3 rings (SSSR count). The van der Waals surface area contributed by atoms with E-state index in [-0.39, 0.29) is 18.1 Å². The average molecular weight is 348 g/mol. The number of nitrogens with zero attached hydrogens (tertiary/aromatic N) is 3. The first-order chi connectivity index (χ1) is 12.5. The second kappa shape index (κ2) is 7.07. The smallest absolute Gasteiger partial charge is 0.355 e. The molecule has 7 heteroatoms. The van der Waals surface area contributed by atoms with Crippen molar-refractivity contribution >= 4 is 11.8 Å². The van der Waals surface area contributed by atoms with E-state index in [2.05, 4.69) is 16.2 Å². The molecule has 0 amide bonds. The number of ketones is 1. The molecular formula is C19H16N4O3. The number of esters is 1. The Morgan fingerprint density at radius 2 is 2.04 bits per heavy atom. The van der Waals surface area contributed by atoms with E-state index in [4.69, 9.17) is 4.74 Å². The number of hydrogen-bond acceptors (Lipinski definition) is 5. The molecule has 1 N–H and O–H groups in total. The molecule has 0 saturated carbocycles. The number of aromatic amines is 1. The lowest BCUT2D eigenvalue weighted by atomic mass is 10.2. The fourth-order valence-corrected chi connectivity index (χ4v) is 2.56. The molecule has 0 atom stereocenters. The van der Waals surface area contributed by atoms with Gasteiger partial charge in [0.05, 0.1) is 17.1 Å². The van der Waals surface area contributed by atoms with E-state index in [9.17, 15) is 14.9 Å². The fourth-order valence-electron chi connectivity index (χ4n) is 2.56. The first-order valence-electron chi connectivity index (χ1n) is 7.91. The predicted molar refractivity (Wildman–Crippen MR) is 92.9 cm³/mol. The van der Waals surface area contributed by atoms with E-state index >= 15 is 0 Å². The van der Waals surface area contributed by atoms with Gasteiger partial charge in [0.25, 0.3) is 0 Å². The lowest BCUT2D eigenvalue weighted by Gasteiger charge is -2.08. The second-order valence-electron chi connectivity index (χ2n) is 5.70. The number of ether oxygens (including phenoxy) is 1. The summed E-state index contributed by atoms with van der Waals surface area (Å²) in [5, 5.41) is 13.8. The molecule has 0 aliphatic rings. The largest absolute Gasteiger partial charge is 0.454 e. The van der Waals surface area contributed by atoms with E-state index in [0.717, 1.165) is 5.69 Å². The standard InChI is InChI=1S/C19H16N4O3/c1-12-16(9-20)18(23(22-12)15-6-4-3-5-7-15)11-26-19(25)17-8-14(10-21-17)13(2)24/h3-8,10,21H,11H2,1-2H3. The summed E-state index contributed by atoms with van der Waals surface area (Å²) in [6.07, 6.45) is 1.46. The number of aromatic nitrogens is 3. The van der Waals surface area contributed by atoms with Gasteiger partial charge in [0.1, 0.15) is 23.9 Å². The van der Waals surface area contributed by atoms with Crippen molar-refractivity contribution in [1.82, 2.24) is 14.8 Å². The number of benzene rings is 1. The van der Waals surface area contributed by atoms with Crippen molar-refractivity contribution < 1.29 is 14.3 Å². The van der Waals surface area contributed by atoms with Gasteiger partial charge in [-0.1, -0.05) is 18.2 Å². The summed E-state index contributed by atoms with van der Waals surface area (Å²) in [6.45, 7) is 3.03. The van der Waals surface area contributed by atoms with Crippen molar-refractivity contribution in [3.63, 3.8) is 0 Å². The number of aryl methyl sites for hydroxylation is 1. The van der Waals surface area contributed by atoms with Gasteiger partial charge in [0, 0.05) is 11.8 Å². The van der Waals surface area contributed by atoms with Crippen LogP contribution in [0.15, 0.2) is 42.6 Å². The van der Waals surface area contributed by atoms with Crippen molar-refractivity contribution in [3.8, 4) is 11.8 Å². The molecule has 0 spiro atoms. The normalized spacial score (nSPS) is 10.3. The summed E-state index contributed by atoms with van der Waals surface area (Å²) in [5.41, 5.74) is 2.76. The minimum atomic E-state index is -0.611. The number of nitriles is 1. The second-order valence-corrected chi connectivity index (χ2v) is 5.70. The van der Waals surface area contributed by atoms with E-state index in [0.29, 0.717) is 22.5 Å². The van der Waals surface area contributed by atoms with Crippen molar-refractivity contribution in [2.75, 3.05) is 0 Å². The highest BCUT2D eigenvalue weighted by molar-refractivity contribution is 5.97. The van der Waals surface area contributed by atoms with Crippen molar-refractivity contribution in [2.24, 2.45) is 0 Å². The van der Waals surface area contributed by atoms with Crippen LogP contribution in [0.3, 0.4) is 0 Å². The molecule has 0 unspecified atom stereocenters. The number of carbonyl (C=O) groups excluding carboxylic acids is 2. The van der Waals surface area contributed by atoms with Gasteiger partial charge in [0.15, 0.2) is 5.78 Å². The summed E-state index contributed by atoms with van der Waals surface area (Å²) in [5.74, 6) is -0.760. The van der Waals surface area contributed by atoms with Crippen LogP contribution in [-0.4, -0.2) is 26.5 Å². The molecule has 130 valence electrons. The van der Waals surface area contributed by atoms with E-state index in [1.807, 2.05) is 30.3 Å². The number of H-pyrrole nitrogens is 1. The Labute approximate surface area is 149 Å². The molecule has 1 aromatic carbocycles. The Hall–Kier alpha value is -3.66. The molecule has 3 aromatic rings. The molecule has 0 bridgehead atoms. The van der Waals surface area contributed by atoms with Crippen LogP contribution in [0.25, 0.3) is 5.69 Å². The van der Waals surface area contributed by atoms with Crippen molar-refractivity contribution in [1.29, 1.82) is 5.26 Å². The van der Waals surface area contributed by atoms with Crippen molar-refractivity contribution in [3.05, 3.63) is 70.8 Å². The summed E-state index contributed by atoms with van der Waals surface area (Å²) >= 11 is 0. The third kappa shape index (κ3) is 3.26. The molecule has 0 radical (unpaired) electrons. The third-order valence-corrected chi connectivity index (χ3v) is 3.92. The van der Waals surface area contributed by atoms with Gasteiger partial charge >= 0.3 is 5.97 Å². The maximum Gasteiger partial charge on any atom is 0.355 e. The fraction of sp³-hybridized carbons (Fsp3) is 0.158. The van der Waals surface area contributed by atoms with E-state index in [1.54, 1.807) is 11.6 Å². The average Bonchev–Trinajstić information content (AvgIpc) is 3.25. The lowest BCUT2D eigenvalue weighted by Crippen LogP contribution is -2.10. The molecule has 7 nitrogen and oxygen atoms in total. The van der Waals surface area contributed by atoms with Crippen LogP contribution < -0.4 is 0 Å². The SMILES string of the molecule is CC(=O)c1c[nH]c(C(=O)OCc2c(C#N)c(C)nn2-c2ccccc2)c1. The Balaban J connectivity index is 1.86. The molecule has 2 heterocycles. The summed E-state index contributed by atoms with van der Waals surface area (Å²) in [4.78, 5) is 26.3. The third-order valence-electron chi connectivity index (χ3n) is 3.92. The van der Waals surface area contributed by atoms with Gasteiger partial charge in [-0.2, -0.15) is 10.4 Å². The maximum atomic E-state index is 12.2. The van der Waals surface area contributed by atoms with Gasteiger partial charge in [-0.25, -0.2) is 9.48 Å². The summed E-state index contributed by atoms with van der Waals surface area (Å²) < 4.78 is 6.93. The first kappa shape index (κ1) is 17.2. The highest BCUT2D eigenvalue weighted by Crippen LogP contribution is 2.19. The minimum Gasteiger partial charge on any atom is -0.454 e. The van der Waals surface area contributed by atoms with Crippen LogP contribution in [0.1, 0.15) is 44.7 Å². The van der Waals surface area contributed by atoms with Gasteiger partial charge in [-0.15, -0.1) is 0 Å². The number of hydrogen-bond donors (Lipinski definition) is 1. The molecule has 0 aliphatic carbocycles. The monoisotopic (exact) mass is 348 g/mol. The highest BCUT2D eigenvalue weighted by Gasteiger charge is 2.19. The van der Waals surface area contributed by atoms with Crippen LogP contribution >= 0.6 is 0 Å². The van der Waals surface area contributed by atoms with Crippen LogP contribution in [-0.2, 0) is 11.3 Å². The number of carbonyl (C=O) groups is 2. The summed E-state index contributed by atoms with van der Waals surface area (Å²) in [7, 11) is 0. The quantitative estimate of drug-likeness (QED) is 0.564. The topological polar surface area (TPSA) is 101 Å². The van der Waals surface area contributed by atoms with Gasteiger partial charge in [0.2, 0.25) is 0 Å². The predicted octanol–water partition coefficient (Wildman–Crippen LogP) is 2.94.